The number of amides is 2. The van der Waals surface area contributed by atoms with Gasteiger partial charge in [0.05, 0.1) is 12.2 Å². The molecule has 0 aliphatic carbocycles. The van der Waals surface area contributed by atoms with Crippen LogP contribution in [-0.2, 0) is 4.74 Å². The molecule has 7 heteroatoms. The number of carbonyl (C=O) groups is 2. The van der Waals surface area contributed by atoms with Crippen LogP contribution in [0.2, 0.25) is 0 Å². The maximum Gasteiger partial charge on any atom is 0.267 e. The molecular formula is C19H18FN3O3. The third-order valence-corrected chi connectivity index (χ3v) is 3.83. The zero-order valence-corrected chi connectivity index (χ0v) is 14.1. The summed E-state index contributed by atoms with van der Waals surface area (Å²) >= 11 is 0. The molecule has 0 atom stereocenters. The average molecular weight is 355 g/mol. The Labute approximate surface area is 149 Å². The van der Waals surface area contributed by atoms with Crippen LogP contribution in [-0.4, -0.2) is 37.1 Å². The van der Waals surface area contributed by atoms with Crippen LogP contribution in [0.25, 0.3) is 10.9 Å². The summed E-state index contributed by atoms with van der Waals surface area (Å²) in [6.07, 6.45) is 0. The van der Waals surface area contributed by atoms with Crippen molar-refractivity contribution in [3.8, 4) is 0 Å². The summed E-state index contributed by atoms with van der Waals surface area (Å²) in [6, 6.07) is 12.6. The number of fused-ring (bicyclic) bond motifs is 1. The van der Waals surface area contributed by atoms with E-state index in [1.54, 1.807) is 37.4 Å². The number of aromatic nitrogens is 1. The molecule has 2 aromatic carbocycles. The number of anilines is 1. The number of halogens is 1. The van der Waals surface area contributed by atoms with Gasteiger partial charge < -0.3 is 20.4 Å². The number of hydrogen-bond acceptors (Lipinski definition) is 3. The van der Waals surface area contributed by atoms with Crippen molar-refractivity contribution in [2.45, 2.75) is 0 Å². The summed E-state index contributed by atoms with van der Waals surface area (Å²) in [4.78, 5) is 27.3. The van der Waals surface area contributed by atoms with Gasteiger partial charge in [-0.1, -0.05) is 12.1 Å². The Morgan fingerprint density at radius 3 is 2.69 bits per heavy atom. The highest BCUT2D eigenvalue weighted by molar-refractivity contribution is 6.05. The van der Waals surface area contributed by atoms with Gasteiger partial charge in [-0.2, -0.15) is 0 Å². The smallest absolute Gasteiger partial charge is 0.267 e. The Morgan fingerprint density at radius 2 is 1.92 bits per heavy atom. The third-order valence-electron chi connectivity index (χ3n) is 3.83. The molecule has 0 fully saturated rings. The zero-order valence-electron chi connectivity index (χ0n) is 14.1. The minimum atomic E-state index is -0.581. The number of aromatic amines is 1. The summed E-state index contributed by atoms with van der Waals surface area (Å²) < 4.78 is 18.6. The molecule has 1 heterocycles. The van der Waals surface area contributed by atoms with E-state index in [0.717, 1.165) is 10.9 Å². The van der Waals surface area contributed by atoms with E-state index >= 15 is 0 Å². The van der Waals surface area contributed by atoms with E-state index in [4.69, 9.17) is 4.74 Å². The van der Waals surface area contributed by atoms with Crippen LogP contribution in [0.1, 0.15) is 20.8 Å². The molecule has 0 bridgehead atoms. The molecule has 1 aromatic heterocycles. The van der Waals surface area contributed by atoms with Crippen molar-refractivity contribution in [3.63, 3.8) is 0 Å². The second kappa shape index (κ2) is 7.79. The molecule has 0 aliphatic rings. The van der Waals surface area contributed by atoms with Crippen molar-refractivity contribution >= 4 is 28.4 Å². The number of H-pyrrole nitrogens is 1. The van der Waals surface area contributed by atoms with Crippen LogP contribution in [0.3, 0.4) is 0 Å². The van der Waals surface area contributed by atoms with Gasteiger partial charge in [0, 0.05) is 30.2 Å². The largest absolute Gasteiger partial charge is 0.383 e. The first-order valence-corrected chi connectivity index (χ1v) is 8.04. The number of benzene rings is 2. The Kier molecular flexibility index (Phi) is 5.28. The Balaban J connectivity index is 1.76. The highest BCUT2D eigenvalue weighted by Gasteiger charge is 2.13. The molecular weight excluding hydrogens is 337 g/mol. The second-order valence-electron chi connectivity index (χ2n) is 5.67. The highest BCUT2D eigenvalue weighted by atomic mass is 19.1. The molecule has 0 saturated carbocycles. The van der Waals surface area contributed by atoms with Crippen LogP contribution in [0.4, 0.5) is 10.1 Å². The quantitative estimate of drug-likeness (QED) is 0.595. The summed E-state index contributed by atoms with van der Waals surface area (Å²) in [5.74, 6) is -1.35. The molecule has 134 valence electrons. The number of nitrogens with one attached hydrogen (secondary N) is 3. The molecule has 0 radical (unpaired) electrons. The molecule has 0 unspecified atom stereocenters. The molecule has 0 spiro atoms. The topological polar surface area (TPSA) is 83.2 Å². The van der Waals surface area contributed by atoms with Gasteiger partial charge in [-0.05, 0) is 36.4 Å². The van der Waals surface area contributed by atoms with E-state index in [1.807, 2.05) is 0 Å². The van der Waals surface area contributed by atoms with Gasteiger partial charge in [-0.3, -0.25) is 9.59 Å². The van der Waals surface area contributed by atoms with Crippen LogP contribution in [0.15, 0.2) is 48.5 Å². The standard InChI is InChI=1S/C19H18FN3O3/c1-26-9-8-21-19(25)17-11-12-10-13(6-7-16(12)23-17)22-18(24)14-4-2-3-5-15(14)20/h2-7,10-11,23H,8-9H2,1H3,(H,21,25)(H,22,24). The van der Waals surface area contributed by atoms with Crippen molar-refractivity contribution in [3.05, 3.63) is 65.6 Å². The normalized spacial score (nSPS) is 10.7. The van der Waals surface area contributed by atoms with Crippen molar-refractivity contribution in [2.75, 3.05) is 25.6 Å². The molecule has 0 saturated heterocycles. The van der Waals surface area contributed by atoms with E-state index < -0.39 is 11.7 Å². The maximum absolute atomic E-state index is 13.7. The molecule has 3 aromatic rings. The summed E-state index contributed by atoms with van der Waals surface area (Å²) in [7, 11) is 1.56. The first-order chi connectivity index (χ1) is 12.6. The number of ether oxygens (including phenoxy) is 1. The van der Waals surface area contributed by atoms with Crippen LogP contribution in [0.5, 0.6) is 0 Å². The van der Waals surface area contributed by atoms with Gasteiger partial charge in [0.25, 0.3) is 11.8 Å². The summed E-state index contributed by atoms with van der Waals surface area (Å²) in [5, 5.41) is 6.15. The lowest BCUT2D eigenvalue weighted by molar-refractivity contribution is 0.0932. The van der Waals surface area contributed by atoms with Crippen LogP contribution < -0.4 is 10.6 Å². The number of methoxy groups -OCH3 is 1. The predicted octanol–water partition coefficient (Wildman–Crippen LogP) is 2.94. The van der Waals surface area contributed by atoms with Crippen molar-refractivity contribution in [2.24, 2.45) is 0 Å². The zero-order chi connectivity index (χ0) is 18.5. The Morgan fingerprint density at radius 1 is 1.12 bits per heavy atom. The lowest BCUT2D eigenvalue weighted by atomic mass is 10.2. The first kappa shape index (κ1) is 17.6. The fraction of sp³-hybridized carbons (Fsp3) is 0.158. The monoisotopic (exact) mass is 355 g/mol. The van der Waals surface area contributed by atoms with Gasteiger partial charge in [0.15, 0.2) is 0 Å². The Bertz CT molecular complexity index is 952. The van der Waals surface area contributed by atoms with Crippen molar-refractivity contribution in [1.29, 1.82) is 0 Å². The number of carbonyl (C=O) groups excluding carboxylic acids is 2. The molecule has 3 N–H and O–H groups in total. The first-order valence-electron chi connectivity index (χ1n) is 8.04. The van der Waals surface area contributed by atoms with E-state index in [-0.39, 0.29) is 11.5 Å². The predicted molar refractivity (Wildman–Crippen MR) is 96.9 cm³/mol. The molecule has 3 rings (SSSR count). The molecule has 6 nitrogen and oxygen atoms in total. The molecule has 0 aliphatic heterocycles. The second-order valence-corrected chi connectivity index (χ2v) is 5.67. The molecule has 26 heavy (non-hydrogen) atoms. The van der Waals surface area contributed by atoms with E-state index in [9.17, 15) is 14.0 Å². The number of rotatable bonds is 6. The van der Waals surface area contributed by atoms with E-state index in [0.29, 0.717) is 24.5 Å². The van der Waals surface area contributed by atoms with Gasteiger partial charge in [-0.15, -0.1) is 0 Å². The van der Waals surface area contributed by atoms with Gasteiger partial charge >= 0.3 is 0 Å². The van der Waals surface area contributed by atoms with Crippen molar-refractivity contribution < 1.29 is 18.7 Å². The van der Waals surface area contributed by atoms with Gasteiger partial charge in [-0.25, -0.2) is 4.39 Å². The fourth-order valence-corrected chi connectivity index (χ4v) is 2.54. The highest BCUT2D eigenvalue weighted by Crippen LogP contribution is 2.21. The van der Waals surface area contributed by atoms with Crippen LogP contribution >= 0.6 is 0 Å². The minimum absolute atomic E-state index is 0.0279. The van der Waals surface area contributed by atoms with Gasteiger partial charge in [0.2, 0.25) is 0 Å². The fourth-order valence-electron chi connectivity index (χ4n) is 2.54. The minimum Gasteiger partial charge on any atom is -0.383 e. The van der Waals surface area contributed by atoms with Crippen LogP contribution in [0, 0.1) is 5.82 Å². The van der Waals surface area contributed by atoms with E-state index in [2.05, 4.69) is 15.6 Å². The van der Waals surface area contributed by atoms with Gasteiger partial charge in [0.1, 0.15) is 11.5 Å². The lowest BCUT2D eigenvalue weighted by Gasteiger charge is -2.06. The number of hydrogen-bond donors (Lipinski definition) is 3. The SMILES string of the molecule is COCCNC(=O)c1cc2cc(NC(=O)c3ccccc3F)ccc2[nH]1. The third kappa shape index (κ3) is 3.89. The van der Waals surface area contributed by atoms with E-state index in [1.165, 1.54) is 18.2 Å². The Hall–Kier alpha value is -3.19. The molecule has 2 amide bonds. The summed E-state index contributed by atoms with van der Waals surface area (Å²) in [6.45, 7) is 0.840. The maximum atomic E-state index is 13.7. The summed E-state index contributed by atoms with van der Waals surface area (Å²) in [5.41, 5.74) is 1.65. The van der Waals surface area contributed by atoms with Crippen molar-refractivity contribution in [1.82, 2.24) is 10.3 Å². The average Bonchev–Trinajstić information content (AvgIpc) is 3.05. The lowest BCUT2D eigenvalue weighted by Crippen LogP contribution is -2.27.